The van der Waals surface area contributed by atoms with Crippen LogP contribution in [0.4, 0.5) is 0 Å². The van der Waals surface area contributed by atoms with Gasteiger partial charge in [0.2, 0.25) is 5.91 Å². The number of amides is 1. The topological polar surface area (TPSA) is 84.9 Å². The number of nitrogens with one attached hydrogen (secondary N) is 1. The van der Waals surface area contributed by atoms with Crippen molar-refractivity contribution in [2.45, 2.75) is 26.4 Å². The molecule has 1 unspecified atom stereocenters. The molecule has 6 heteroatoms. The van der Waals surface area contributed by atoms with Crippen molar-refractivity contribution in [3.05, 3.63) is 35.9 Å². The van der Waals surface area contributed by atoms with Crippen LogP contribution in [0.5, 0.6) is 5.75 Å². The maximum atomic E-state index is 11.7. The molecule has 23 heavy (non-hydrogen) atoms. The van der Waals surface area contributed by atoms with Crippen LogP contribution in [0.2, 0.25) is 0 Å². The SMILES string of the molecule is CCCOc1ccccc1/C=C/C(=O)NCCOC(C)C(=O)O. The molecule has 0 aliphatic heterocycles. The van der Waals surface area contributed by atoms with Crippen molar-refractivity contribution in [1.82, 2.24) is 5.32 Å². The molecule has 1 rings (SSSR count). The van der Waals surface area contributed by atoms with E-state index in [1.807, 2.05) is 31.2 Å². The maximum absolute atomic E-state index is 11.7. The van der Waals surface area contributed by atoms with Gasteiger partial charge in [-0.05, 0) is 25.5 Å². The summed E-state index contributed by atoms with van der Waals surface area (Å²) in [5.41, 5.74) is 0.826. The van der Waals surface area contributed by atoms with E-state index in [-0.39, 0.29) is 19.1 Å². The predicted octanol–water partition coefficient (Wildman–Crippen LogP) is 2.09. The molecule has 0 saturated heterocycles. The quantitative estimate of drug-likeness (QED) is 0.509. The number of hydrogen-bond donors (Lipinski definition) is 2. The van der Waals surface area contributed by atoms with Crippen LogP contribution in [0.1, 0.15) is 25.8 Å². The maximum Gasteiger partial charge on any atom is 0.332 e. The molecule has 1 amide bonds. The third kappa shape index (κ3) is 7.46. The highest BCUT2D eigenvalue weighted by atomic mass is 16.5. The largest absolute Gasteiger partial charge is 0.493 e. The summed E-state index contributed by atoms with van der Waals surface area (Å²) in [6, 6.07) is 7.47. The number of carboxylic acids is 1. The third-order valence-electron chi connectivity index (χ3n) is 2.91. The van der Waals surface area contributed by atoms with E-state index in [9.17, 15) is 9.59 Å². The lowest BCUT2D eigenvalue weighted by Crippen LogP contribution is -2.29. The van der Waals surface area contributed by atoms with E-state index in [0.717, 1.165) is 17.7 Å². The lowest BCUT2D eigenvalue weighted by Gasteiger charge is -2.09. The molecule has 2 N–H and O–H groups in total. The minimum atomic E-state index is -1.03. The Balaban J connectivity index is 2.42. The molecule has 0 spiro atoms. The highest BCUT2D eigenvalue weighted by Crippen LogP contribution is 2.19. The molecule has 0 radical (unpaired) electrons. The number of rotatable bonds is 10. The highest BCUT2D eigenvalue weighted by Gasteiger charge is 2.10. The lowest BCUT2D eigenvalue weighted by atomic mass is 10.2. The normalized spacial score (nSPS) is 12.1. The van der Waals surface area contributed by atoms with Gasteiger partial charge in [0.15, 0.2) is 6.10 Å². The van der Waals surface area contributed by atoms with Crippen LogP contribution < -0.4 is 10.1 Å². The van der Waals surface area contributed by atoms with Crippen LogP contribution in [0.15, 0.2) is 30.3 Å². The average molecular weight is 321 g/mol. The molecule has 0 aliphatic rings. The first-order valence-electron chi connectivity index (χ1n) is 7.56. The van der Waals surface area contributed by atoms with E-state index >= 15 is 0 Å². The first-order valence-corrected chi connectivity index (χ1v) is 7.56. The van der Waals surface area contributed by atoms with Crippen LogP contribution in [-0.2, 0) is 14.3 Å². The minimum Gasteiger partial charge on any atom is -0.493 e. The number of para-hydroxylation sites is 1. The fraction of sp³-hybridized carbons (Fsp3) is 0.412. The summed E-state index contributed by atoms with van der Waals surface area (Å²) in [4.78, 5) is 22.3. The van der Waals surface area contributed by atoms with Crippen molar-refractivity contribution < 1.29 is 24.2 Å². The molecule has 0 fully saturated rings. The summed E-state index contributed by atoms with van der Waals surface area (Å²) >= 11 is 0. The number of carboxylic acid groups (broad SMARTS) is 1. The molecular formula is C17H23NO5. The minimum absolute atomic E-state index is 0.142. The molecule has 0 heterocycles. The van der Waals surface area contributed by atoms with Crippen molar-refractivity contribution in [1.29, 1.82) is 0 Å². The van der Waals surface area contributed by atoms with Gasteiger partial charge in [-0.1, -0.05) is 25.1 Å². The number of carbonyl (C=O) groups excluding carboxylic acids is 1. The Kier molecular flexibility index (Phi) is 8.46. The smallest absolute Gasteiger partial charge is 0.332 e. The van der Waals surface area contributed by atoms with E-state index in [4.69, 9.17) is 14.6 Å². The van der Waals surface area contributed by atoms with Gasteiger partial charge < -0.3 is 19.9 Å². The van der Waals surface area contributed by atoms with Gasteiger partial charge in [0, 0.05) is 18.2 Å². The van der Waals surface area contributed by atoms with Crippen LogP contribution >= 0.6 is 0 Å². The van der Waals surface area contributed by atoms with Gasteiger partial charge in [-0.25, -0.2) is 4.79 Å². The van der Waals surface area contributed by atoms with E-state index in [1.165, 1.54) is 13.0 Å². The van der Waals surface area contributed by atoms with Crippen molar-refractivity contribution in [3.63, 3.8) is 0 Å². The number of ether oxygens (including phenoxy) is 2. The third-order valence-corrected chi connectivity index (χ3v) is 2.91. The Hall–Kier alpha value is -2.34. The number of carbonyl (C=O) groups is 2. The van der Waals surface area contributed by atoms with E-state index in [0.29, 0.717) is 6.61 Å². The van der Waals surface area contributed by atoms with Gasteiger partial charge in [-0.3, -0.25) is 4.79 Å². The summed E-state index contributed by atoms with van der Waals surface area (Å²) in [5, 5.41) is 11.3. The second kappa shape index (κ2) is 10.4. The zero-order chi connectivity index (χ0) is 17.1. The van der Waals surface area contributed by atoms with Gasteiger partial charge in [0.25, 0.3) is 0 Å². The summed E-state index contributed by atoms with van der Waals surface area (Å²) in [6.07, 6.45) is 3.12. The first-order chi connectivity index (χ1) is 11.0. The molecule has 6 nitrogen and oxygen atoms in total. The molecular weight excluding hydrogens is 298 g/mol. The van der Waals surface area contributed by atoms with Gasteiger partial charge in [-0.2, -0.15) is 0 Å². The predicted molar refractivity (Wildman–Crippen MR) is 87.3 cm³/mol. The highest BCUT2D eigenvalue weighted by molar-refractivity contribution is 5.92. The van der Waals surface area contributed by atoms with Gasteiger partial charge in [0.05, 0.1) is 13.2 Å². The van der Waals surface area contributed by atoms with Gasteiger partial charge in [0.1, 0.15) is 5.75 Å². The summed E-state index contributed by atoms with van der Waals surface area (Å²) < 4.78 is 10.6. The Morgan fingerprint density at radius 1 is 1.30 bits per heavy atom. The van der Waals surface area contributed by atoms with Crippen LogP contribution in [0.3, 0.4) is 0 Å². The molecule has 0 aromatic heterocycles. The fourth-order valence-electron chi connectivity index (χ4n) is 1.67. The van der Waals surface area contributed by atoms with Crippen molar-refractivity contribution in [3.8, 4) is 5.75 Å². The molecule has 0 saturated carbocycles. The number of benzene rings is 1. The Morgan fingerprint density at radius 3 is 2.74 bits per heavy atom. The Bertz CT molecular complexity index is 542. The first kappa shape index (κ1) is 18.7. The number of aliphatic carboxylic acids is 1. The Morgan fingerprint density at radius 2 is 2.04 bits per heavy atom. The van der Waals surface area contributed by atoms with E-state index in [1.54, 1.807) is 6.08 Å². The summed E-state index contributed by atoms with van der Waals surface area (Å²) in [6.45, 7) is 4.48. The molecule has 126 valence electrons. The van der Waals surface area contributed by atoms with Gasteiger partial charge in [-0.15, -0.1) is 0 Å². The summed E-state index contributed by atoms with van der Waals surface area (Å²) in [5.74, 6) is -0.571. The lowest BCUT2D eigenvalue weighted by molar-refractivity contribution is -0.148. The second-order valence-corrected chi connectivity index (χ2v) is 4.86. The van der Waals surface area contributed by atoms with Crippen molar-refractivity contribution in [2.24, 2.45) is 0 Å². The monoisotopic (exact) mass is 321 g/mol. The zero-order valence-electron chi connectivity index (χ0n) is 13.5. The molecule has 1 atom stereocenters. The van der Waals surface area contributed by atoms with Crippen molar-refractivity contribution >= 4 is 18.0 Å². The molecule has 0 aliphatic carbocycles. The van der Waals surface area contributed by atoms with Crippen LogP contribution in [0, 0.1) is 0 Å². The molecule has 1 aromatic rings. The van der Waals surface area contributed by atoms with Crippen LogP contribution in [-0.4, -0.2) is 42.8 Å². The standard InChI is InChI=1S/C17H23NO5/c1-3-11-23-15-7-5-4-6-14(15)8-9-16(19)18-10-12-22-13(2)17(20)21/h4-9,13H,3,10-12H2,1-2H3,(H,18,19)(H,20,21)/b9-8+. The molecule has 0 bridgehead atoms. The van der Waals surface area contributed by atoms with Crippen LogP contribution in [0.25, 0.3) is 6.08 Å². The molecule has 1 aromatic carbocycles. The fourth-order valence-corrected chi connectivity index (χ4v) is 1.67. The van der Waals surface area contributed by atoms with Crippen molar-refractivity contribution in [2.75, 3.05) is 19.8 Å². The van der Waals surface area contributed by atoms with Gasteiger partial charge >= 0.3 is 5.97 Å². The summed E-state index contributed by atoms with van der Waals surface area (Å²) in [7, 11) is 0. The number of hydrogen-bond acceptors (Lipinski definition) is 4. The van der Waals surface area contributed by atoms with E-state index < -0.39 is 12.1 Å². The van der Waals surface area contributed by atoms with E-state index in [2.05, 4.69) is 5.32 Å². The zero-order valence-corrected chi connectivity index (χ0v) is 13.5. The Labute approximate surface area is 136 Å². The second-order valence-electron chi connectivity index (χ2n) is 4.86. The average Bonchev–Trinajstić information content (AvgIpc) is 2.55.